The summed E-state index contributed by atoms with van der Waals surface area (Å²) in [5.74, 6) is -0.669. The van der Waals surface area contributed by atoms with E-state index >= 15 is 0 Å². The van der Waals surface area contributed by atoms with Gasteiger partial charge in [0.2, 0.25) is 10.0 Å². The molecule has 0 spiro atoms. The predicted octanol–water partition coefficient (Wildman–Crippen LogP) is 7.82. The van der Waals surface area contributed by atoms with E-state index in [1.807, 2.05) is 24.3 Å². The molecule has 232 valence electrons. The van der Waals surface area contributed by atoms with E-state index in [1.54, 1.807) is 12.1 Å². The zero-order valence-corrected chi connectivity index (χ0v) is 28.2. The van der Waals surface area contributed by atoms with Crippen LogP contribution in [0.1, 0.15) is 106 Å². The van der Waals surface area contributed by atoms with Gasteiger partial charge in [-0.2, -0.15) is 4.72 Å². The molecule has 7 nitrogen and oxygen atoms in total. The van der Waals surface area contributed by atoms with Crippen LogP contribution in [-0.2, 0) is 14.8 Å². The van der Waals surface area contributed by atoms with Gasteiger partial charge in [0.05, 0.1) is 4.90 Å². The zero-order chi connectivity index (χ0) is 31.9. The molecule has 3 N–H and O–H groups in total. The monoisotopic (exact) mass is 670 g/mol. The fourth-order valence-corrected chi connectivity index (χ4v) is 6.43. The summed E-state index contributed by atoms with van der Waals surface area (Å²) in [4.78, 5) is 25.3. The number of carbonyl (C=O) groups excluding carboxylic acids is 1. The van der Waals surface area contributed by atoms with Crippen LogP contribution in [0.3, 0.4) is 0 Å². The molecule has 9 heteroatoms. The molecule has 3 aromatic rings. The highest BCUT2D eigenvalue weighted by atomic mass is 79.9. The number of nitrogens with one attached hydrogen (secondary N) is 2. The summed E-state index contributed by atoms with van der Waals surface area (Å²) in [6, 6.07) is 17.0. The Hall–Kier alpha value is -3.01. The van der Waals surface area contributed by atoms with Crippen LogP contribution >= 0.6 is 15.9 Å². The summed E-state index contributed by atoms with van der Waals surface area (Å²) < 4.78 is 29.2. The Labute approximate surface area is 264 Å². The van der Waals surface area contributed by atoms with Crippen LogP contribution in [0.15, 0.2) is 70.0 Å². The van der Waals surface area contributed by atoms with Crippen molar-refractivity contribution < 1.29 is 23.1 Å². The van der Waals surface area contributed by atoms with E-state index in [4.69, 9.17) is 0 Å². The average molecular weight is 672 g/mol. The lowest BCUT2D eigenvalue weighted by Crippen LogP contribution is -2.40. The number of sulfonamides is 1. The Morgan fingerprint density at radius 2 is 1.30 bits per heavy atom. The topological polar surface area (TPSA) is 113 Å². The van der Waals surface area contributed by atoms with Gasteiger partial charge in [-0.25, -0.2) is 8.42 Å². The number of carboxylic acids is 1. The van der Waals surface area contributed by atoms with Crippen molar-refractivity contribution in [2.24, 2.45) is 0 Å². The Balaban J connectivity index is 1.61. The lowest BCUT2D eigenvalue weighted by Gasteiger charge is -2.22. The first-order valence-electron chi connectivity index (χ1n) is 14.8. The number of hydrogen-bond acceptors (Lipinski definition) is 4. The molecule has 0 aromatic heterocycles. The second-order valence-electron chi connectivity index (χ2n) is 11.8. The highest BCUT2D eigenvalue weighted by Gasteiger charge is 2.26. The highest BCUT2D eigenvalue weighted by molar-refractivity contribution is 9.10. The van der Waals surface area contributed by atoms with Gasteiger partial charge in [-0.3, -0.25) is 9.59 Å². The first-order valence-corrected chi connectivity index (χ1v) is 17.1. The molecular formula is C34H43BrN2O5S. The van der Waals surface area contributed by atoms with E-state index in [-0.39, 0.29) is 29.1 Å². The van der Waals surface area contributed by atoms with Gasteiger partial charge in [-0.1, -0.05) is 93.9 Å². The van der Waals surface area contributed by atoms with Crippen molar-refractivity contribution >= 4 is 37.8 Å². The Kier molecular flexibility index (Phi) is 12.1. The van der Waals surface area contributed by atoms with Crippen LogP contribution < -0.4 is 10.0 Å². The van der Waals surface area contributed by atoms with Gasteiger partial charge in [0.25, 0.3) is 5.91 Å². The third-order valence-corrected chi connectivity index (χ3v) is 9.52. The van der Waals surface area contributed by atoms with Crippen LogP contribution in [0.5, 0.6) is 0 Å². The number of benzene rings is 3. The van der Waals surface area contributed by atoms with E-state index in [2.05, 4.69) is 79.6 Å². The number of aliphatic carboxylic acids is 1. The summed E-state index contributed by atoms with van der Waals surface area (Å²) in [5.41, 5.74) is 5.77. The maximum atomic E-state index is 13.4. The quantitative estimate of drug-likeness (QED) is 0.151. The van der Waals surface area contributed by atoms with Crippen LogP contribution in [-0.4, -0.2) is 38.0 Å². The molecule has 0 saturated carbocycles. The Bertz CT molecular complexity index is 1490. The molecule has 0 heterocycles. The normalized spacial score (nSPS) is 12.6. The first-order chi connectivity index (χ1) is 20.2. The summed E-state index contributed by atoms with van der Waals surface area (Å²) in [5, 5.41) is 12.7. The van der Waals surface area contributed by atoms with Gasteiger partial charge in [0.15, 0.2) is 0 Å². The number of amides is 1. The van der Waals surface area contributed by atoms with Gasteiger partial charge < -0.3 is 10.4 Å². The molecule has 0 radical (unpaired) electrons. The fourth-order valence-electron chi connectivity index (χ4n) is 4.94. The summed E-state index contributed by atoms with van der Waals surface area (Å²) in [7, 11) is -4.05. The molecule has 0 fully saturated rings. The van der Waals surface area contributed by atoms with E-state index in [0.717, 1.165) is 32.3 Å². The van der Waals surface area contributed by atoms with Gasteiger partial charge in [0.1, 0.15) is 6.04 Å². The van der Waals surface area contributed by atoms with Crippen molar-refractivity contribution in [2.45, 2.75) is 89.5 Å². The Morgan fingerprint density at radius 1 is 0.791 bits per heavy atom. The zero-order valence-electron chi connectivity index (χ0n) is 25.8. The minimum Gasteiger partial charge on any atom is -0.480 e. The van der Waals surface area contributed by atoms with Crippen molar-refractivity contribution in [1.29, 1.82) is 0 Å². The van der Waals surface area contributed by atoms with E-state index in [0.29, 0.717) is 25.3 Å². The maximum Gasteiger partial charge on any atom is 0.321 e. The second-order valence-corrected chi connectivity index (χ2v) is 14.5. The molecule has 1 unspecified atom stereocenters. The van der Waals surface area contributed by atoms with Crippen LogP contribution in [0.4, 0.5) is 0 Å². The number of unbranched alkanes of at least 4 members (excludes halogenated alkanes) is 1. The molecule has 3 rings (SSSR count). The van der Waals surface area contributed by atoms with Crippen molar-refractivity contribution in [1.82, 2.24) is 10.0 Å². The maximum absolute atomic E-state index is 13.4. The molecule has 43 heavy (non-hydrogen) atoms. The minimum atomic E-state index is -4.05. The van der Waals surface area contributed by atoms with Gasteiger partial charge in [0, 0.05) is 16.6 Å². The van der Waals surface area contributed by atoms with E-state index < -0.39 is 22.0 Å². The third kappa shape index (κ3) is 9.24. The first kappa shape index (κ1) is 34.5. The lowest BCUT2D eigenvalue weighted by atomic mass is 9.84. The minimum absolute atomic E-state index is 0.00252. The summed E-state index contributed by atoms with van der Waals surface area (Å²) in [6.45, 7) is 13.0. The van der Waals surface area contributed by atoms with Gasteiger partial charge >= 0.3 is 5.97 Å². The molecule has 0 aliphatic rings. The lowest BCUT2D eigenvalue weighted by molar-refractivity contribution is -0.139. The number of carboxylic acid groups (broad SMARTS) is 1. The number of halogens is 1. The summed E-state index contributed by atoms with van der Waals surface area (Å²) in [6.07, 6.45) is 1.03. The van der Waals surface area contributed by atoms with E-state index in [9.17, 15) is 23.1 Å². The largest absolute Gasteiger partial charge is 0.480 e. The molecular weight excluding hydrogens is 628 g/mol. The SMILES string of the molecule is CC(C)c1cc(C(C)C)c(C(=O)NCCCCC(NS(=O)(=O)c2ccc(-c3ccc(Br)cc3)cc2)C(=O)O)c(C(C)C)c1. The van der Waals surface area contributed by atoms with Crippen molar-refractivity contribution in [3.05, 3.63) is 87.4 Å². The smallest absolute Gasteiger partial charge is 0.321 e. The number of carbonyl (C=O) groups is 2. The molecule has 3 aromatic carbocycles. The molecule has 1 atom stereocenters. The molecule has 0 aliphatic carbocycles. The molecule has 0 bridgehead atoms. The van der Waals surface area contributed by atoms with Crippen molar-refractivity contribution in [2.75, 3.05) is 6.54 Å². The molecule has 0 aliphatic heterocycles. The van der Waals surface area contributed by atoms with Crippen LogP contribution in [0, 0.1) is 0 Å². The number of rotatable bonds is 14. The average Bonchev–Trinajstić information content (AvgIpc) is 2.95. The summed E-state index contributed by atoms with van der Waals surface area (Å²) >= 11 is 3.40. The predicted molar refractivity (Wildman–Crippen MR) is 176 cm³/mol. The van der Waals surface area contributed by atoms with Crippen molar-refractivity contribution in [3.63, 3.8) is 0 Å². The fraction of sp³-hybridized carbons (Fsp3) is 0.412. The number of hydrogen-bond donors (Lipinski definition) is 3. The van der Waals surface area contributed by atoms with Crippen LogP contribution in [0.25, 0.3) is 11.1 Å². The molecule has 0 saturated heterocycles. The standard InChI is InChI=1S/C34H43BrN2O5S/c1-21(2)26-19-29(22(3)4)32(30(20-26)23(5)6)33(38)36-18-8-7-9-31(34(39)40)37-43(41,42)28-16-12-25(13-17-28)24-10-14-27(35)15-11-24/h10-17,19-23,31,37H,7-9,18H2,1-6H3,(H,36,38)(H,39,40). The van der Waals surface area contributed by atoms with Crippen molar-refractivity contribution in [3.8, 4) is 11.1 Å². The van der Waals surface area contributed by atoms with Crippen LogP contribution in [0.2, 0.25) is 0 Å². The highest BCUT2D eigenvalue weighted by Crippen LogP contribution is 2.32. The van der Waals surface area contributed by atoms with Gasteiger partial charge in [-0.15, -0.1) is 0 Å². The third-order valence-electron chi connectivity index (χ3n) is 7.50. The second kappa shape index (κ2) is 15.1. The Morgan fingerprint density at radius 3 is 1.77 bits per heavy atom. The van der Waals surface area contributed by atoms with Gasteiger partial charge in [-0.05, 0) is 89.1 Å². The molecule has 1 amide bonds. The van der Waals surface area contributed by atoms with E-state index in [1.165, 1.54) is 17.7 Å².